The molecule has 1 saturated heterocycles. The molecular weight excluding hydrogens is 286 g/mol. The SMILES string of the molecule is CC(C)=CC[C@H]1C[C@@H]2N(n3c1nc1ccccc1c3=O)C2(C)C. The summed E-state index contributed by atoms with van der Waals surface area (Å²) in [6.07, 6.45) is 4.29. The van der Waals surface area contributed by atoms with Crippen LogP contribution in [0.25, 0.3) is 10.9 Å². The molecule has 4 nitrogen and oxygen atoms in total. The quantitative estimate of drug-likeness (QED) is 0.631. The van der Waals surface area contributed by atoms with E-state index in [0.29, 0.717) is 17.3 Å². The topological polar surface area (TPSA) is 37.9 Å². The van der Waals surface area contributed by atoms with Gasteiger partial charge in [-0.2, -0.15) is 0 Å². The van der Waals surface area contributed by atoms with Crippen LogP contribution < -0.4 is 10.6 Å². The largest absolute Gasteiger partial charge is 0.295 e. The zero-order valence-corrected chi connectivity index (χ0v) is 14.2. The molecule has 1 aromatic heterocycles. The summed E-state index contributed by atoms with van der Waals surface area (Å²) in [7, 11) is 0. The van der Waals surface area contributed by atoms with Gasteiger partial charge in [-0.3, -0.25) is 9.80 Å². The lowest BCUT2D eigenvalue weighted by Gasteiger charge is -2.26. The summed E-state index contributed by atoms with van der Waals surface area (Å²) in [5.41, 5.74) is 2.24. The third-order valence-electron chi connectivity index (χ3n) is 5.31. The number of para-hydroxylation sites is 1. The van der Waals surface area contributed by atoms with E-state index in [1.165, 1.54) is 5.57 Å². The van der Waals surface area contributed by atoms with E-state index < -0.39 is 0 Å². The Kier molecular flexibility index (Phi) is 2.96. The second kappa shape index (κ2) is 4.70. The molecule has 2 aliphatic rings. The average Bonchev–Trinajstić information content (AvgIpc) is 3.06. The molecule has 120 valence electrons. The van der Waals surface area contributed by atoms with Crippen molar-refractivity contribution in [3.63, 3.8) is 0 Å². The third-order valence-corrected chi connectivity index (χ3v) is 5.31. The minimum atomic E-state index is 0.0441. The first-order chi connectivity index (χ1) is 10.9. The number of allylic oxidation sites excluding steroid dienone is 2. The van der Waals surface area contributed by atoms with Crippen molar-refractivity contribution in [3.8, 4) is 0 Å². The van der Waals surface area contributed by atoms with Gasteiger partial charge < -0.3 is 0 Å². The third kappa shape index (κ3) is 2.04. The summed E-state index contributed by atoms with van der Waals surface area (Å²) in [6.45, 7) is 8.67. The molecule has 0 radical (unpaired) electrons. The average molecular weight is 309 g/mol. The molecule has 0 N–H and O–H groups in total. The van der Waals surface area contributed by atoms with E-state index in [0.717, 1.165) is 24.2 Å². The Balaban J connectivity index is 1.93. The van der Waals surface area contributed by atoms with Crippen LogP contribution in [0.4, 0.5) is 0 Å². The van der Waals surface area contributed by atoms with Crippen molar-refractivity contribution in [1.82, 2.24) is 9.66 Å². The summed E-state index contributed by atoms with van der Waals surface area (Å²) in [5.74, 6) is 1.23. The van der Waals surface area contributed by atoms with Crippen molar-refractivity contribution in [2.24, 2.45) is 0 Å². The van der Waals surface area contributed by atoms with E-state index in [2.05, 4.69) is 38.8 Å². The van der Waals surface area contributed by atoms with Gasteiger partial charge in [0.05, 0.1) is 22.5 Å². The smallest absolute Gasteiger partial charge is 0.280 e. The van der Waals surface area contributed by atoms with E-state index in [1.807, 2.05) is 28.9 Å². The molecule has 1 aromatic carbocycles. The Morgan fingerprint density at radius 3 is 2.83 bits per heavy atom. The van der Waals surface area contributed by atoms with E-state index in [-0.39, 0.29) is 11.1 Å². The number of hydrogen-bond acceptors (Lipinski definition) is 3. The van der Waals surface area contributed by atoms with Crippen LogP contribution in [0, 0.1) is 0 Å². The molecule has 23 heavy (non-hydrogen) atoms. The maximum absolute atomic E-state index is 13.0. The summed E-state index contributed by atoms with van der Waals surface area (Å²) >= 11 is 0. The molecule has 2 aromatic rings. The molecule has 0 spiro atoms. The Bertz CT molecular complexity index is 874. The highest BCUT2D eigenvalue weighted by molar-refractivity contribution is 5.77. The zero-order chi connectivity index (χ0) is 16.4. The van der Waals surface area contributed by atoms with E-state index >= 15 is 0 Å². The Labute approximate surface area is 136 Å². The van der Waals surface area contributed by atoms with Crippen LogP contribution in [-0.2, 0) is 0 Å². The highest BCUT2D eigenvalue weighted by Gasteiger charge is 2.60. The molecule has 0 unspecified atom stereocenters. The normalized spacial score (nSPS) is 24.1. The minimum Gasteiger partial charge on any atom is -0.295 e. The summed E-state index contributed by atoms with van der Waals surface area (Å²) < 4.78 is 1.86. The van der Waals surface area contributed by atoms with Crippen molar-refractivity contribution >= 4 is 10.9 Å². The van der Waals surface area contributed by atoms with Gasteiger partial charge in [-0.05, 0) is 52.7 Å². The number of fused-ring (bicyclic) bond motifs is 4. The molecular formula is C19H23N3O. The van der Waals surface area contributed by atoms with Crippen molar-refractivity contribution in [2.45, 2.75) is 58.0 Å². The lowest BCUT2D eigenvalue weighted by molar-refractivity contribution is 0.495. The first-order valence-electron chi connectivity index (χ1n) is 8.36. The van der Waals surface area contributed by atoms with Gasteiger partial charge in [-0.15, -0.1) is 0 Å². The maximum atomic E-state index is 13.0. The van der Waals surface area contributed by atoms with Gasteiger partial charge in [0.1, 0.15) is 5.82 Å². The van der Waals surface area contributed by atoms with Crippen LogP contribution in [0.3, 0.4) is 0 Å². The number of hydrogen-bond donors (Lipinski definition) is 0. The predicted molar refractivity (Wildman–Crippen MR) is 93.5 cm³/mol. The minimum absolute atomic E-state index is 0.0441. The Morgan fingerprint density at radius 2 is 2.09 bits per heavy atom. The monoisotopic (exact) mass is 309 g/mol. The van der Waals surface area contributed by atoms with Gasteiger partial charge in [0.25, 0.3) is 5.56 Å². The van der Waals surface area contributed by atoms with Crippen molar-refractivity contribution in [2.75, 3.05) is 5.01 Å². The van der Waals surface area contributed by atoms with Crippen molar-refractivity contribution < 1.29 is 0 Å². The molecule has 0 amide bonds. The summed E-state index contributed by atoms with van der Waals surface area (Å²) in [4.78, 5) is 17.9. The van der Waals surface area contributed by atoms with Crippen LogP contribution in [0.1, 0.15) is 52.3 Å². The Hall–Kier alpha value is -2.10. The van der Waals surface area contributed by atoms with Crippen molar-refractivity contribution in [3.05, 3.63) is 52.1 Å². The standard InChI is InChI=1S/C19H23N3O/c1-12(2)9-10-13-11-16-19(3,4)22(16)21-17(13)20-15-8-6-5-7-14(15)18(21)23/h5-9,13,16H,10-11H2,1-4H3/t13-,16-,22?/m0/s1. The van der Waals surface area contributed by atoms with Gasteiger partial charge >= 0.3 is 0 Å². The molecule has 1 fully saturated rings. The van der Waals surface area contributed by atoms with Gasteiger partial charge in [-0.25, -0.2) is 9.66 Å². The highest BCUT2D eigenvalue weighted by Crippen LogP contribution is 2.48. The predicted octanol–water partition coefficient (Wildman–Crippen LogP) is 3.34. The highest BCUT2D eigenvalue weighted by atomic mass is 16.1. The number of nitrogens with zero attached hydrogens (tertiary/aromatic N) is 3. The fourth-order valence-corrected chi connectivity index (χ4v) is 3.90. The maximum Gasteiger partial charge on any atom is 0.280 e. The van der Waals surface area contributed by atoms with Gasteiger partial charge in [0, 0.05) is 5.92 Å². The van der Waals surface area contributed by atoms with Gasteiger partial charge in [0.15, 0.2) is 0 Å². The van der Waals surface area contributed by atoms with Crippen LogP contribution >= 0.6 is 0 Å². The first kappa shape index (κ1) is 14.5. The second-order valence-corrected chi connectivity index (χ2v) is 7.57. The van der Waals surface area contributed by atoms with Crippen LogP contribution in [0.5, 0.6) is 0 Å². The molecule has 4 heteroatoms. The van der Waals surface area contributed by atoms with E-state index in [1.54, 1.807) is 0 Å². The molecule has 0 saturated carbocycles. The number of aromatic nitrogens is 2. The second-order valence-electron chi connectivity index (χ2n) is 7.57. The molecule has 0 aliphatic carbocycles. The lowest BCUT2D eigenvalue weighted by atomic mass is 9.93. The molecule has 4 rings (SSSR count). The van der Waals surface area contributed by atoms with Crippen LogP contribution in [-0.4, -0.2) is 21.2 Å². The van der Waals surface area contributed by atoms with E-state index in [9.17, 15) is 4.79 Å². The fraction of sp³-hybridized carbons (Fsp3) is 0.474. The molecule has 3 heterocycles. The summed E-state index contributed by atoms with van der Waals surface area (Å²) in [5, 5.41) is 2.92. The molecule has 2 aliphatic heterocycles. The first-order valence-corrected chi connectivity index (χ1v) is 8.36. The van der Waals surface area contributed by atoms with Crippen LogP contribution in [0.15, 0.2) is 40.7 Å². The molecule has 0 bridgehead atoms. The van der Waals surface area contributed by atoms with Crippen LogP contribution in [0.2, 0.25) is 0 Å². The zero-order valence-electron chi connectivity index (χ0n) is 14.2. The number of benzene rings is 1. The molecule has 2 atom stereocenters. The van der Waals surface area contributed by atoms with Gasteiger partial charge in [0.2, 0.25) is 0 Å². The fourth-order valence-electron chi connectivity index (χ4n) is 3.90. The summed E-state index contributed by atoms with van der Waals surface area (Å²) in [6, 6.07) is 8.11. The number of rotatable bonds is 2. The van der Waals surface area contributed by atoms with Crippen molar-refractivity contribution in [1.29, 1.82) is 0 Å². The Morgan fingerprint density at radius 1 is 1.35 bits per heavy atom. The van der Waals surface area contributed by atoms with Gasteiger partial charge in [-0.1, -0.05) is 23.8 Å². The van der Waals surface area contributed by atoms with E-state index in [4.69, 9.17) is 4.98 Å². The lowest BCUT2D eigenvalue weighted by Crippen LogP contribution is -2.39.